The zero-order valence-corrected chi connectivity index (χ0v) is 27.3. The van der Waals surface area contributed by atoms with E-state index in [9.17, 15) is 47.9 Å². The molecule has 4 rings (SSSR count). The first-order chi connectivity index (χ1) is 22.3. The summed E-state index contributed by atoms with van der Waals surface area (Å²) in [5.41, 5.74) is 3.54. The second kappa shape index (κ2) is 13.6. The zero-order valence-electron chi connectivity index (χ0n) is 24.0. The standard InChI is InChI=1S/C26H25N5O13S4/c27-23-22-15(13-20(47(39,40)41)24(23)30-28-16-1-5-18(6-2-16)45(35,36)11-9-32)14-21(48(42,43)44)25(26(22)34)31-29-17-3-7-19(8-4-17)46(37,38)12-10-33/h1-8,13-14,32-34H,9-12,27H2,(H,39,40,41)(H,42,43,44)/p-2. The van der Waals surface area contributed by atoms with Gasteiger partial charge in [0.05, 0.1) is 66.7 Å². The van der Waals surface area contributed by atoms with Crippen molar-refractivity contribution in [2.24, 2.45) is 20.5 Å². The van der Waals surface area contributed by atoms with Crippen LogP contribution in [-0.2, 0) is 39.9 Å². The first kappa shape index (κ1) is 36.4. The second-order valence-electron chi connectivity index (χ2n) is 9.69. The number of rotatable bonds is 12. The Morgan fingerprint density at radius 2 is 0.979 bits per heavy atom. The van der Waals surface area contributed by atoms with E-state index in [1.807, 2.05) is 0 Å². The summed E-state index contributed by atoms with van der Waals surface area (Å²) < 4.78 is 121. The van der Waals surface area contributed by atoms with Crippen molar-refractivity contribution in [3.05, 3.63) is 60.7 Å². The van der Waals surface area contributed by atoms with Crippen LogP contribution in [-0.4, -0.2) is 82.8 Å². The molecule has 5 N–H and O–H groups in total. The molecule has 0 aliphatic rings. The maximum atomic E-state index is 12.2. The van der Waals surface area contributed by atoms with E-state index in [4.69, 9.17) is 15.9 Å². The molecule has 0 radical (unpaired) electrons. The minimum Gasteiger partial charge on any atom is -0.744 e. The smallest absolute Gasteiger partial charge is 0.180 e. The molecule has 0 aromatic heterocycles. The van der Waals surface area contributed by atoms with Crippen molar-refractivity contribution in [3.8, 4) is 5.75 Å². The lowest BCUT2D eigenvalue weighted by atomic mass is 10.1. The fourth-order valence-electron chi connectivity index (χ4n) is 4.22. The molecule has 48 heavy (non-hydrogen) atoms. The zero-order chi connectivity index (χ0) is 35.7. The molecule has 0 aliphatic carbocycles. The number of fused-ring (bicyclic) bond motifs is 1. The first-order valence-electron chi connectivity index (χ1n) is 13.0. The Balaban J connectivity index is 1.88. The minimum atomic E-state index is -5.45. The average Bonchev–Trinajstić information content (AvgIpc) is 2.99. The first-order valence-corrected chi connectivity index (χ1v) is 19.2. The second-order valence-corrected chi connectivity index (χ2v) is 16.6. The lowest BCUT2D eigenvalue weighted by Crippen LogP contribution is -2.09. The van der Waals surface area contributed by atoms with Crippen LogP contribution in [0.25, 0.3) is 10.8 Å². The molecule has 0 saturated heterocycles. The molecular weight excluding hydrogens is 719 g/mol. The third-order valence-corrected chi connectivity index (χ3v) is 11.6. The molecule has 4 aromatic carbocycles. The lowest BCUT2D eigenvalue weighted by Gasteiger charge is -2.18. The van der Waals surface area contributed by atoms with Gasteiger partial charge >= 0.3 is 0 Å². The molecule has 0 spiro atoms. The van der Waals surface area contributed by atoms with E-state index in [1.54, 1.807) is 0 Å². The monoisotopic (exact) mass is 741 g/mol. The normalized spacial score (nSPS) is 13.2. The van der Waals surface area contributed by atoms with Crippen LogP contribution in [0.2, 0.25) is 0 Å². The number of phenolic OH excluding ortho intramolecular Hbond substituents is 1. The van der Waals surface area contributed by atoms with Gasteiger partial charge in [0.15, 0.2) is 25.4 Å². The molecule has 0 unspecified atom stereocenters. The van der Waals surface area contributed by atoms with Crippen LogP contribution in [0, 0.1) is 0 Å². The summed E-state index contributed by atoms with van der Waals surface area (Å²) in [7, 11) is -18.5. The number of hydrogen-bond acceptors (Lipinski definition) is 18. The van der Waals surface area contributed by atoms with Crippen molar-refractivity contribution in [3.63, 3.8) is 0 Å². The van der Waals surface area contributed by atoms with Crippen molar-refractivity contribution < 1.29 is 58.1 Å². The highest BCUT2D eigenvalue weighted by molar-refractivity contribution is 7.91. The van der Waals surface area contributed by atoms with E-state index in [-0.39, 0.29) is 21.2 Å². The molecule has 22 heteroatoms. The highest BCUT2D eigenvalue weighted by Gasteiger charge is 2.24. The Kier molecular flexibility index (Phi) is 10.3. The van der Waals surface area contributed by atoms with Gasteiger partial charge in [-0.2, -0.15) is 10.2 Å². The van der Waals surface area contributed by atoms with Gasteiger partial charge in [-0.3, -0.25) is 0 Å². The van der Waals surface area contributed by atoms with Crippen LogP contribution in [0.5, 0.6) is 5.75 Å². The third kappa shape index (κ3) is 7.82. The molecule has 0 fully saturated rings. The predicted octanol–water partition coefficient (Wildman–Crippen LogP) is 2.30. The Labute approximate surface area is 273 Å². The van der Waals surface area contributed by atoms with Crippen LogP contribution in [0.3, 0.4) is 0 Å². The Morgan fingerprint density at radius 3 is 1.35 bits per heavy atom. The molecule has 4 aromatic rings. The fourth-order valence-corrected chi connectivity index (χ4v) is 7.58. The molecule has 0 saturated carbocycles. The summed E-state index contributed by atoms with van der Waals surface area (Å²) in [6.45, 7) is -1.25. The number of phenols is 1. The van der Waals surface area contributed by atoms with Gasteiger partial charge in [-0.1, -0.05) is 0 Å². The van der Waals surface area contributed by atoms with Crippen molar-refractivity contribution in [2.75, 3.05) is 30.5 Å². The molecule has 0 heterocycles. The number of benzene rings is 4. The van der Waals surface area contributed by atoms with Gasteiger partial charge in [0, 0.05) is 0 Å². The fraction of sp³-hybridized carbons (Fsp3) is 0.154. The van der Waals surface area contributed by atoms with Gasteiger partial charge in [-0.15, -0.1) is 10.2 Å². The number of hydrogen-bond donors (Lipinski definition) is 4. The third-order valence-electron chi connectivity index (χ3n) is 6.50. The van der Waals surface area contributed by atoms with Gasteiger partial charge in [0.1, 0.15) is 31.6 Å². The molecule has 256 valence electrons. The van der Waals surface area contributed by atoms with E-state index in [0.717, 1.165) is 36.4 Å². The topological polar surface area (TPSA) is 319 Å². The minimum absolute atomic E-state index is 0.0478. The van der Waals surface area contributed by atoms with Crippen molar-refractivity contribution in [1.82, 2.24) is 0 Å². The number of nitrogens with zero attached hydrogens (tertiary/aromatic N) is 4. The summed E-state index contributed by atoms with van der Waals surface area (Å²) in [6, 6.07) is 10.4. The SMILES string of the molecule is Nc1c(N=Nc2ccc(S(=O)(=O)CCO)cc2)c(S(=O)(=O)[O-])cc2cc(S(=O)(=O)[O-])c(N=Nc3ccc(S(=O)(=O)CCO)cc3)c(O)c12. The Bertz CT molecular complexity index is 2230. The lowest BCUT2D eigenvalue weighted by molar-refractivity contribution is 0.319. The number of aliphatic hydroxyl groups excluding tert-OH is 2. The van der Waals surface area contributed by atoms with E-state index in [2.05, 4.69) is 20.5 Å². The van der Waals surface area contributed by atoms with E-state index in [0.29, 0.717) is 12.1 Å². The number of anilines is 1. The van der Waals surface area contributed by atoms with Gasteiger partial charge < -0.3 is 30.2 Å². The largest absolute Gasteiger partial charge is 0.744 e. The quantitative estimate of drug-likeness (QED) is 0.0920. The molecule has 0 atom stereocenters. The summed E-state index contributed by atoms with van der Waals surface area (Å²) >= 11 is 0. The van der Waals surface area contributed by atoms with E-state index in [1.165, 1.54) is 12.1 Å². The predicted molar refractivity (Wildman–Crippen MR) is 165 cm³/mol. The highest BCUT2D eigenvalue weighted by atomic mass is 32.2. The van der Waals surface area contributed by atoms with Crippen molar-refractivity contribution in [1.29, 1.82) is 0 Å². The van der Waals surface area contributed by atoms with E-state index >= 15 is 0 Å². The Morgan fingerprint density at radius 1 is 0.604 bits per heavy atom. The maximum absolute atomic E-state index is 12.2. The summed E-state index contributed by atoms with van der Waals surface area (Å²) in [6.07, 6.45) is 0. The highest BCUT2D eigenvalue weighted by Crippen LogP contribution is 2.48. The molecular formula is C26H23N5O13S4-2. The van der Waals surface area contributed by atoms with Crippen molar-refractivity contribution in [2.45, 2.75) is 19.6 Å². The van der Waals surface area contributed by atoms with Crippen LogP contribution in [0.4, 0.5) is 28.4 Å². The number of aliphatic hydroxyl groups is 2. The number of nitrogens with two attached hydrogens (primary N) is 1. The van der Waals surface area contributed by atoms with Gasteiger partial charge in [0.2, 0.25) is 0 Å². The average molecular weight is 742 g/mol. The summed E-state index contributed by atoms with van der Waals surface area (Å²) in [5.74, 6) is -2.19. The van der Waals surface area contributed by atoms with Crippen LogP contribution in [0.1, 0.15) is 0 Å². The maximum Gasteiger partial charge on any atom is 0.180 e. The number of nitrogen functional groups attached to an aromatic ring is 1. The Hall–Kier alpha value is -4.42. The van der Waals surface area contributed by atoms with Gasteiger partial charge in [0.25, 0.3) is 0 Å². The number of azo groups is 2. The van der Waals surface area contributed by atoms with E-state index < -0.39 is 108 Å². The van der Waals surface area contributed by atoms with Crippen molar-refractivity contribution >= 4 is 79.1 Å². The number of aromatic hydroxyl groups is 1. The molecule has 0 bridgehead atoms. The summed E-state index contributed by atoms with van der Waals surface area (Å²) in [4.78, 5) is -2.63. The molecule has 0 amide bonds. The van der Waals surface area contributed by atoms with Gasteiger partial charge in [-0.05, 0) is 66.0 Å². The summed E-state index contributed by atoms with van der Waals surface area (Å²) in [5, 5.41) is 42.9. The van der Waals surface area contributed by atoms with Crippen LogP contribution < -0.4 is 5.73 Å². The number of sulfone groups is 2. The molecule has 18 nitrogen and oxygen atoms in total. The van der Waals surface area contributed by atoms with Gasteiger partial charge in [-0.25, -0.2) is 33.7 Å². The van der Waals surface area contributed by atoms with Crippen LogP contribution in [0.15, 0.2) is 101 Å². The van der Waals surface area contributed by atoms with Crippen LogP contribution >= 0.6 is 0 Å². The molecule has 0 aliphatic heterocycles.